The van der Waals surface area contributed by atoms with Crippen molar-refractivity contribution in [1.82, 2.24) is 30.7 Å². The highest BCUT2D eigenvalue weighted by Crippen LogP contribution is 2.16. The Morgan fingerprint density at radius 3 is 2.74 bits per heavy atom. The van der Waals surface area contributed by atoms with Crippen LogP contribution in [-0.4, -0.2) is 39.7 Å². The summed E-state index contributed by atoms with van der Waals surface area (Å²) in [4.78, 5) is 18.5. The second kappa shape index (κ2) is 10.3. The Balaban J connectivity index is 0.00000261. The molecule has 3 aromatic heterocycles. The summed E-state index contributed by atoms with van der Waals surface area (Å²) in [6.45, 7) is 5.38. The average Bonchev–Trinajstić information content (AvgIpc) is 3.25. The Kier molecular flexibility index (Phi) is 8.10. The Morgan fingerprint density at radius 2 is 2.07 bits per heavy atom. The molecule has 0 saturated carbocycles. The summed E-state index contributed by atoms with van der Waals surface area (Å²) < 4.78 is 5.25. The predicted octanol–water partition coefficient (Wildman–Crippen LogP) is 2.73. The zero-order chi connectivity index (χ0) is 18.4. The molecule has 0 unspecified atom stereocenters. The molecule has 0 aliphatic carbocycles. The summed E-state index contributed by atoms with van der Waals surface area (Å²) in [7, 11) is 1.74. The number of halogens is 1. The first-order valence-electron chi connectivity index (χ1n) is 8.27. The van der Waals surface area contributed by atoms with Gasteiger partial charge < -0.3 is 15.2 Å². The van der Waals surface area contributed by atoms with Crippen LogP contribution in [0.3, 0.4) is 0 Å². The van der Waals surface area contributed by atoms with Gasteiger partial charge in [0.1, 0.15) is 10.7 Å². The summed E-state index contributed by atoms with van der Waals surface area (Å²) in [5.41, 5.74) is 1.75. The molecule has 2 N–H and O–H groups in total. The molecule has 0 aliphatic rings. The van der Waals surface area contributed by atoms with Crippen molar-refractivity contribution in [2.24, 2.45) is 4.99 Å². The molecule has 3 aromatic rings. The van der Waals surface area contributed by atoms with Crippen LogP contribution in [0.4, 0.5) is 0 Å². The van der Waals surface area contributed by atoms with E-state index in [9.17, 15) is 0 Å². The van der Waals surface area contributed by atoms with Crippen LogP contribution in [0.2, 0.25) is 0 Å². The molecule has 0 aromatic carbocycles. The van der Waals surface area contributed by atoms with Gasteiger partial charge in [-0.15, -0.1) is 35.3 Å². The Hall–Kier alpha value is -2.08. The van der Waals surface area contributed by atoms with Crippen LogP contribution < -0.4 is 10.6 Å². The standard InChI is InChI=1S/C17H21N7OS.HI/c1-11-12(2)26-15(22-11)10-21-17(18-3)20-9-7-14-23-16(25-24-14)13-6-4-5-8-19-13;/h4-6,8H,7,9-10H2,1-3H3,(H2,18,20,21);1H. The molecular weight excluding hydrogens is 477 g/mol. The molecule has 3 heterocycles. The minimum Gasteiger partial charge on any atom is -0.356 e. The van der Waals surface area contributed by atoms with Crippen molar-refractivity contribution >= 4 is 41.3 Å². The third-order valence-electron chi connectivity index (χ3n) is 3.70. The monoisotopic (exact) mass is 499 g/mol. The van der Waals surface area contributed by atoms with E-state index in [2.05, 4.69) is 42.7 Å². The van der Waals surface area contributed by atoms with E-state index in [0.717, 1.165) is 10.7 Å². The number of aromatic nitrogens is 4. The largest absolute Gasteiger partial charge is 0.356 e. The van der Waals surface area contributed by atoms with Crippen LogP contribution in [0.5, 0.6) is 0 Å². The smallest absolute Gasteiger partial charge is 0.276 e. The second-order valence-corrected chi connectivity index (χ2v) is 6.87. The molecular formula is C17H22IN7OS. The first-order chi connectivity index (χ1) is 12.7. The molecule has 0 radical (unpaired) electrons. The van der Waals surface area contributed by atoms with Crippen molar-refractivity contribution in [1.29, 1.82) is 0 Å². The molecule has 0 saturated heterocycles. The highest BCUT2D eigenvalue weighted by molar-refractivity contribution is 14.0. The maximum Gasteiger partial charge on any atom is 0.276 e. The lowest BCUT2D eigenvalue weighted by atomic mass is 10.3. The number of aryl methyl sites for hydroxylation is 2. The minimum atomic E-state index is 0. The van der Waals surface area contributed by atoms with Gasteiger partial charge in [-0.3, -0.25) is 9.98 Å². The fourth-order valence-electron chi connectivity index (χ4n) is 2.24. The molecule has 0 spiro atoms. The second-order valence-electron chi connectivity index (χ2n) is 5.58. The summed E-state index contributed by atoms with van der Waals surface area (Å²) >= 11 is 1.69. The molecule has 0 fully saturated rings. The number of hydrogen-bond donors (Lipinski definition) is 2. The molecule has 27 heavy (non-hydrogen) atoms. The minimum absolute atomic E-state index is 0. The lowest BCUT2D eigenvalue weighted by Gasteiger charge is -2.09. The van der Waals surface area contributed by atoms with Crippen molar-refractivity contribution in [2.45, 2.75) is 26.8 Å². The molecule has 3 rings (SSSR count). The number of hydrogen-bond acceptors (Lipinski definition) is 7. The SMILES string of the molecule is CN=C(NCCc1noc(-c2ccccn2)n1)NCc1nc(C)c(C)s1.I. The van der Waals surface area contributed by atoms with Gasteiger partial charge in [0.2, 0.25) is 0 Å². The van der Waals surface area contributed by atoms with Crippen molar-refractivity contribution in [3.8, 4) is 11.6 Å². The Bertz CT molecular complexity index is 859. The van der Waals surface area contributed by atoms with Crippen LogP contribution in [0.1, 0.15) is 21.4 Å². The van der Waals surface area contributed by atoms with Gasteiger partial charge in [0, 0.05) is 31.1 Å². The number of aliphatic imine (C=N–C) groups is 1. The van der Waals surface area contributed by atoms with E-state index in [-0.39, 0.29) is 24.0 Å². The Labute approximate surface area is 179 Å². The van der Waals surface area contributed by atoms with Gasteiger partial charge in [0.15, 0.2) is 11.8 Å². The van der Waals surface area contributed by atoms with Crippen LogP contribution >= 0.6 is 35.3 Å². The zero-order valence-electron chi connectivity index (χ0n) is 15.4. The quantitative estimate of drug-likeness (QED) is 0.306. The van der Waals surface area contributed by atoms with Crippen LogP contribution in [0, 0.1) is 13.8 Å². The van der Waals surface area contributed by atoms with E-state index in [1.807, 2.05) is 25.1 Å². The van der Waals surface area contributed by atoms with E-state index in [4.69, 9.17) is 4.52 Å². The summed E-state index contributed by atoms with van der Waals surface area (Å²) in [6.07, 6.45) is 2.31. The first kappa shape index (κ1) is 21.2. The van der Waals surface area contributed by atoms with E-state index >= 15 is 0 Å². The molecule has 10 heteroatoms. The van der Waals surface area contributed by atoms with Crippen LogP contribution in [-0.2, 0) is 13.0 Å². The molecule has 144 valence electrons. The molecule has 0 amide bonds. The van der Waals surface area contributed by atoms with Gasteiger partial charge >= 0.3 is 0 Å². The third-order valence-corrected chi connectivity index (χ3v) is 4.77. The maximum absolute atomic E-state index is 5.25. The summed E-state index contributed by atoms with van der Waals surface area (Å²) in [5.74, 6) is 1.77. The fourth-order valence-corrected chi connectivity index (χ4v) is 3.11. The maximum atomic E-state index is 5.25. The van der Waals surface area contributed by atoms with Gasteiger partial charge in [-0.2, -0.15) is 4.98 Å². The number of nitrogens with one attached hydrogen (secondary N) is 2. The van der Waals surface area contributed by atoms with E-state index in [0.29, 0.717) is 42.9 Å². The highest BCUT2D eigenvalue weighted by Gasteiger charge is 2.10. The van der Waals surface area contributed by atoms with Crippen LogP contribution in [0.15, 0.2) is 33.9 Å². The Morgan fingerprint density at radius 1 is 1.22 bits per heavy atom. The topological polar surface area (TPSA) is 101 Å². The fraction of sp³-hybridized carbons (Fsp3) is 0.353. The van der Waals surface area contributed by atoms with Gasteiger partial charge in [-0.05, 0) is 26.0 Å². The van der Waals surface area contributed by atoms with Crippen molar-refractivity contribution in [3.05, 3.63) is 45.8 Å². The molecule has 8 nitrogen and oxygen atoms in total. The lowest BCUT2D eigenvalue weighted by Crippen LogP contribution is -2.37. The number of rotatable bonds is 6. The van der Waals surface area contributed by atoms with Crippen LogP contribution in [0.25, 0.3) is 11.6 Å². The van der Waals surface area contributed by atoms with Gasteiger partial charge in [0.25, 0.3) is 5.89 Å². The van der Waals surface area contributed by atoms with Gasteiger partial charge in [-0.1, -0.05) is 11.2 Å². The van der Waals surface area contributed by atoms with E-state index < -0.39 is 0 Å². The third kappa shape index (κ3) is 5.96. The number of guanidine groups is 1. The molecule has 0 atom stereocenters. The van der Waals surface area contributed by atoms with Gasteiger partial charge in [-0.25, -0.2) is 4.98 Å². The van der Waals surface area contributed by atoms with E-state index in [1.54, 1.807) is 24.6 Å². The molecule has 0 bridgehead atoms. The van der Waals surface area contributed by atoms with Crippen molar-refractivity contribution in [2.75, 3.05) is 13.6 Å². The summed E-state index contributed by atoms with van der Waals surface area (Å²) in [5, 5.41) is 11.5. The number of thiazole rings is 1. The molecule has 0 aliphatic heterocycles. The number of nitrogens with zero attached hydrogens (tertiary/aromatic N) is 5. The zero-order valence-corrected chi connectivity index (χ0v) is 18.5. The average molecular weight is 499 g/mol. The summed E-state index contributed by atoms with van der Waals surface area (Å²) in [6, 6.07) is 5.57. The number of pyridine rings is 1. The van der Waals surface area contributed by atoms with Crippen molar-refractivity contribution in [3.63, 3.8) is 0 Å². The van der Waals surface area contributed by atoms with E-state index in [1.165, 1.54) is 4.88 Å². The van der Waals surface area contributed by atoms with Gasteiger partial charge in [0.05, 0.1) is 12.2 Å². The lowest BCUT2D eigenvalue weighted by molar-refractivity contribution is 0.421. The first-order valence-corrected chi connectivity index (χ1v) is 9.08. The normalized spacial score (nSPS) is 11.1. The predicted molar refractivity (Wildman–Crippen MR) is 116 cm³/mol. The highest BCUT2D eigenvalue weighted by atomic mass is 127. The van der Waals surface area contributed by atoms with Crippen molar-refractivity contribution < 1.29 is 4.52 Å².